The second kappa shape index (κ2) is 3.47. The van der Waals surface area contributed by atoms with E-state index in [1.165, 1.54) is 0 Å². The van der Waals surface area contributed by atoms with Crippen molar-refractivity contribution in [1.82, 2.24) is 5.32 Å². The molecule has 2 atom stereocenters. The summed E-state index contributed by atoms with van der Waals surface area (Å²) in [5.41, 5.74) is -0.389. The first-order valence-corrected chi connectivity index (χ1v) is 5.90. The molecule has 2 aliphatic rings. The summed E-state index contributed by atoms with van der Waals surface area (Å²) < 4.78 is 12.1. The fourth-order valence-electron chi connectivity index (χ4n) is 2.26. The predicted molar refractivity (Wildman–Crippen MR) is 61.9 cm³/mol. The monoisotopic (exact) mass is 211 g/mol. The van der Waals surface area contributed by atoms with Crippen molar-refractivity contribution in [2.24, 2.45) is 5.92 Å². The van der Waals surface area contributed by atoms with E-state index in [2.05, 4.69) is 39.9 Å². The van der Waals surface area contributed by atoms with Gasteiger partial charge in [0.15, 0.2) is 0 Å². The minimum atomic E-state index is -0.194. The van der Waals surface area contributed by atoms with Crippen LogP contribution < -0.4 is 5.32 Å². The Hall–Kier alpha value is -0.0551. The van der Waals surface area contributed by atoms with Crippen LogP contribution in [-0.4, -0.2) is 31.4 Å². The lowest BCUT2D eigenvalue weighted by Crippen LogP contribution is -2.41. The van der Waals surface area contributed by atoms with E-state index in [9.17, 15) is 0 Å². The SMILES string of the molecule is C[C@@H]1CNC[C@H]1B1OC(C)(C)C(C)(C)O1. The van der Waals surface area contributed by atoms with Gasteiger partial charge < -0.3 is 14.6 Å². The molecule has 0 unspecified atom stereocenters. The van der Waals surface area contributed by atoms with E-state index < -0.39 is 0 Å². The van der Waals surface area contributed by atoms with Crippen LogP contribution in [-0.2, 0) is 9.31 Å². The minimum absolute atomic E-state index is 0.0417. The van der Waals surface area contributed by atoms with E-state index in [0.717, 1.165) is 13.1 Å². The van der Waals surface area contributed by atoms with Crippen molar-refractivity contribution in [1.29, 1.82) is 0 Å². The van der Waals surface area contributed by atoms with Gasteiger partial charge in [0, 0.05) is 5.82 Å². The second-order valence-electron chi connectivity index (χ2n) is 5.92. The summed E-state index contributed by atoms with van der Waals surface area (Å²) in [6.07, 6.45) is 0. The Morgan fingerprint density at radius 3 is 2.00 bits per heavy atom. The number of nitrogens with one attached hydrogen (secondary N) is 1. The molecule has 2 saturated heterocycles. The van der Waals surface area contributed by atoms with Gasteiger partial charge in [0.05, 0.1) is 11.2 Å². The van der Waals surface area contributed by atoms with Crippen molar-refractivity contribution >= 4 is 7.12 Å². The minimum Gasteiger partial charge on any atom is -0.403 e. The van der Waals surface area contributed by atoms with Gasteiger partial charge in [0.1, 0.15) is 0 Å². The molecule has 1 N–H and O–H groups in total. The Bertz CT molecular complexity index is 239. The third kappa shape index (κ3) is 1.83. The topological polar surface area (TPSA) is 30.5 Å². The Labute approximate surface area is 93.0 Å². The predicted octanol–water partition coefficient (Wildman–Crippen LogP) is 1.69. The summed E-state index contributed by atoms with van der Waals surface area (Å²) in [5, 5.41) is 3.39. The smallest absolute Gasteiger partial charge is 0.403 e. The summed E-state index contributed by atoms with van der Waals surface area (Å²) in [6.45, 7) is 12.8. The zero-order valence-electron chi connectivity index (χ0n) is 10.5. The van der Waals surface area contributed by atoms with E-state index in [-0.39, 0.29) is 18.3 Å². The molecule has 0 aromatic heterocycles. The molecule has 0 aromatic rings. The lowest BCUT2D eigenvalue weighted by atomic mass is 9.67. The quantitative estimate of drug-likeness (QED) is 0.669. The van der Waals surface area contributed by atoms with Crippen LogP contribution in [0.4, 0.5) is 0 Å². The molecule has 0 saturated carbocycles. The van der Waals surface area contributed by atoms with Crippen LogP contribution in [0.2, 0.25) is 5.82 Å². The summed E-state index contributed by atoms with van der Waals surface area (Å²) in [5.74, 6) is 1.13. The van der Waals surface area contributed by atoms with Crippen LogP contribution in [0.3, 0.4) is 0 Å². The second-order valence-corrected chi connectivity index (χ2v) is 5.92. The first-order valence-electron chi connectivity index (χ1n) is 5.90. The standard InChI is InChI=1S/C11H22BNO2/c1-8-6-13-7-9(8)12-14-10(2,3)11(4,5)15-12/h8-9,13H,6-7H2,1-5H3/t8-,9-/m1/s1. The fraction of sp³-hybridized carbons (Fsp3) is 1.00. The molecule has 3 nitrogen and oxygen atoms in total. The lowest BCUT2D eigenvalue weighted by Gasteiger charge is -2.32. The Morgan fingerprint density at radius 2 is 1.60 bits per heavy atom. The first kappa shape index (κ1) is 11.4. The number of hydrogen-bond acceptors (Lipinski definition) is 3. The van der Waals surface area contributed by atoms with Crippen molar-refractivity contribution in [2.75, 3.05) is 13.1 Å². The van der Waals surface area contributed by atoms with Crippen molar-refractivity contribution < 1.29 is 9.31 Å². The molecule has 0 aliphatic carbocycles. The molecule has 0 spiro atoms. The van der Waals surface area contributed by atoms with Crippen LogP contribution in [0.5, 0.6) is 0 Å². The zero-order chi connectivity index (χ0) is 11.3. The van der Waals surface area contributed by atoms with Gasteiger partial charge in [-0.3, -0.25) is 0 Å². The molecule has 2 fully saturated rings. The third-order valence-corrected chi connectivity index (χ3v) is 4.20. The highest BCUT2D eigenvalue weighted by atomic mass is 16.7. The summed E-state index contributed by atoms with van der Waals surface area (Å²) in [7, 11) is -0.0417. The zero-order valence-corrected chi connectivity index (χ0v) is 10.5. The van der Waals surface area contributed by atoms with Crippen LogP contribution >= 0.6 is 0 Å². The van der Waals surface area contributed by atoms with E-state index in [0.29, 0.717) is 11.7 Å². The molecular formula is C11H22BNO2. The molecule has 2 aliphatic heterocycles. The van der Waals surface area contributed by atoms with E-state index in [1.807, 2.05) is 0 Å². The highest BCUT2D eigenvalue weighted by molar-refractivity contribution is 6.47. The van der Waals surface area contributed by atoms with Crippen molar-refractivity contribution in [3.05, 3.63) is 0 Å². The molecule has 4 heteroatoms. The van der Waals surface area contributed by atoms with E-state index in [4.69, 9.17) is 9.31 Å². The van der Waals surface area contributed by atoms with Gasteiger partial charge in [-0.05, 0) is 46.7 Å². The van der Waals surface area contributed by atoms with Gasteiger partial charge in [0.2, 0.25) is 0 Å². The fourth-order valence-corrected chi connectivity index (χ4v) is 2.26. The molecule has 0 radical (unpaired) electrons. The Kier molecular flexibility index (Phi) is 2.65. The van der Waals surface area contributed by atoms with Gasteiger partial charge in [-0.15, -0.1) is 0 Å². The lowest BCUT2D eigenvalue weighted by molar-refractivity contribution is 0.00578. The highest BCUT2D eigenvalue weighted by Crippen LogP contribution is 2.42. The molecule has 2 heterocycles. The van der Waals surface area contributed by atoms with Crippen LogP contribution in [0.1, 0.15) is 34.6 Å². The molecule has 15 heavy (non-hydrogen) atoms. The maximum absolute atomic E-state index is 6.06. The molecule has 86 valence electrons. The van der Waals surface area contributed by atoms with Gasteiger partial charge in [-0.25, -0.2) is 0 Å². The molecule has 0 bridgehead atoms. The highest BCUT2D eigenvalue weighted by Gasteiger charge is 2.55. The van der Waals surface area contributed by atoms with Crippen molar-refractivity contribution in [2.45, 2.75) is 51.6 Å². The molecule has 0 aromatic carbocycles. The average Bonchev–Trinajstić information content (AvgIpc) is 2.55. The summed E-state index contributed by atoms with van der Waals surface area (Å²) >= 11 is 0. The number of hydrogen-bond donors (Lipinski definition) is 1. The van der Waals surface area contributed by atoms with Gasteiger partial charge in [-0.1, -0.05) is 6.92 Å². The van der Waals surface area contributed by atoms with Crippen molar-refractivity contribution in [3.63, 3.8) is 0 Å². The van der Waals surface area contributed by atoms with Crippen molar-refractivity contribution in [3.8, 4) is 0 Å². The van der Waals surface area contributed by atoms with Crippen LogP contribution in [0.25, 0.3) is 0 Å². The van der Waals surface area contributed by atoms with E-state index in [1.54, 1.807) is 0 Å². The molecule has 2 rings (SSSR count). The maximum atomic E-state index is 6.06. The first-order chi connectivity index (χ1) is 6.83. The summed E-state index contributed by atoms with van der Waals surface area (Å²) in [6, 6.07) is 0. The average molecular weight is 211 g/mol. The molecular weight excluding hydrogens is 189 g/mol. The third-order valence-electron chi connectivity index (χ3n) is 4.20. The van der Waals surface area contributed by atoms with Gasteiger partial charge in [0.25, 0.3) is 0 Å². The number of rotatable bonds is 1. The van der Waals surface area contributed by atoms with E-state index >= 15 is 0 Å². The van der Waals surface area contributed by atoms with Gasteiger partial charge >= 0.3 is 7.12 Å². The maximum Gasteiger partial charge on any atom is 0.462 e. The molecule has 0 amide bonds. The van der Waals surface area contributed by atoms with Crippen LogP contribution in [0, 0.1) is 5.92 Å². The Balaban J connectivity index is 2.09. The van der Waals surface area contributed by atoms with Gasteiger partial charge in [-0.2, -0.15) is 0 Å². The normalized spacial score (nSPS) is 38.6. The Morgan fingerprint density at radius 1 is 1.07 bits per heavy atom. The van der Waals surface area contributed by atoms with Crippen LogP contribution in [0.15, 0.2) is 0 Å². The summed E-state index contributed by atoms with van der Waals surface area (Å²) in [4.78, 5) is 0. The largest absolute Gasteiger partial charge is 0.462 e.